The van der Waals surface area contributed by atoms with E-state index >= 15 is 0 Å². The topological polar surface area (TPSA) is 46.5 Å². The van der Waals surface area contributed by atoms with Crippen LogP contribution in [0, 0.1) is 23.7 Å². The molecule has 0 bridgehead atoms. The molecule has 0 spiro atoms. The average molecular weight is 369 g/mol. The summed E-state index contributed by atoms with van der Waals surface area (Å²) in [6.45, 7) is 13.9. The number of aliphatic carboxylic acids is 1. The molecular weight excluding hydrogens is 328 g/mol. The number of hydrogen-bond acceptors (Lipinski definition) is 2. The number of carbonyl (C=O) groups is 1. The van der Waals surface area contributed by atoms with Gasteiger partial charge in [0.2, 0.25) is 0 Å². The molecule has 1 aliphatic rings. The number of carboxylic acids is 1. The van der Waals surface area contributed by atoms with Gasteiger partial charge in [-0.3, -0.25) is 4.79 Å². The second-order valence-electron chi connectivity index (χ2n) is 9.27. The second kappa shape index (κ2) is 10.5. The molecule has 4 atom stereocenters. The predicted molar refractivity (Wildman–Crippen MR) is 108 cm³/mol. The van der Waals surface area contributed by atoms with Crippen LogP contribution < -0.4 is 0 Å². The Morgan fingerprint density at radius 3 is 2.48 bits per heavy atom. The minimum absolute atomic E-state index is 0.271. The van der Waals surface area contributed by atoms with E-state index in [1.165, 1.54) is 19.3 Å². The fourth-order valence-corrected chi connectivity index (χ4v) is 5.26. The highest BCUT2D eigenvalue weighted by atomic mass is 28.4. The summed E-state index contributed by atoms with van der Waals surface area (Å²) >= 11 is 0. The minimum atomic E-state index is -1.51. The standard InChI is InChI=1S/C21H40O3Si/c1-16(2)13-14-19-18(11-9-7-8-10-12-21(22)23)17(3)15-20(19)24-25(4,5)6/h7,9,16-20H,8,10-15H2,1-6H3,(H,22,23)/b9-7-/t17-,18?,19+,20+/m0/s1. The smallest absolute Gasteiger partial charge is 0.303 e. The summed E-state index contributed by atoms with van der Waals surface area (Å²) in [5, 5.41) is 8.70. The van der Waals surface area contributed by atoms with Crippen LogP contribution in [0.1, 0.15) is 65.7 Å². The first kappa shape index (κ1) is 22.4. The molecule has 0 aromatic heterocycles. The molecule has 146 valence electrons. The van der Waals surface area contributed by atoms with Gasteiger partial charge in [0.05, 0.1) is 0 Å². The quantitative estimate of drug-likeness (QED) is 0.271. The van der Waals surface area contributed by atoms with Crippen LogP contribution in [0.25, 0.3) is 0 Å². The van der Waals surface area contributed by atoms with E-state index in [0.717, 1.165) is 25.2 Å². The summed E-state index contributed by atoms with van der Waals surface area (Å²) in [6, 6.07) is 0. The van der Waals surface area contributed by atoms with Crippen LogP contribution in [0.15, 0.2) is 12.2 Å². The van der Waals surface area contributed by atoms with E-state index in [-0.39, 0.29) is 6.42 Å². The van der Waals surface area contributed by atoms with Gasteiger partial charge in [-0.15, -0.1) is 0 Å². The van der Waals surface area contributed by atoms with E-state index < -0.39 is 14.3 Å². The van der Waals surface area contributed by atoms with Gasteiger partial charge < -0.3 is 9.53 Å². The zero-order valence-corrected chi connectivity index (χ0v) is 18.3. The average Bonchev–Trinajstić information content (AvgIpc) is 2.73. The van der Waals surface area contributed by atoms with Gasteiger partial charge in [0, 0.05) is 12.5 Å². The summed E-state index contributed by atoms with van der Waals surface area (Å²) in [6.07, 6.45) is 11.7. The highest BCUT2D eigenvalue weighted by molar-refractivity contribution is 6.69. The Bertz CT molecular complexity index is 425. The van der Waals surface area contributed by atoms with Crippen LogP contribution in [-0.4, -0.2) is 25.5 Å². The summed E-state index contributed by atoms with van der Waals surface area (Å²) in [7, 11) is -1.51. The van der Waals surface area contributed by atoms with Crippen molar-refractivity contribution in [1.29, 1.82) is 0 Å². The maximum atomic E-state index is 10.6. The van der Waals surface area contributed by atoms with Crippen LogP contribution in [-0.2, 0) is 9.22 Å². The Morgan fingerprint density at radius 1 is 1.24 bits per heavy atom. The molecule has 3 nitrogen and oxygen atoms in total. The number of unbranched alkanes of at least 4 members (excludes halogenated alkanes) is 1. The molecule has 1 rings (SSSR count). The zero-order valence-electron chi connectivity index (χ0n) is 17.3. The molecule has 0 aliphatic heterocycles. The first-order valence-electron chi connectivity index (χ1n) is 10.1. The van der Waals surface area contributed by atoms with Gasteiger partial charge >= 0.3 is 5.97 Å². The lowest BCUT2D eigenvalue weighted by molar-refractivity contribution is -0.137. The third kappa shape index (κ3) is 9.05. The second-order valence-corrected chi connectivity index (χ2v) is 13.7. The molecule has 1 unspecified atom stereocenters. The van der Waals surface area contributed by atoms with Gasteiger partial charge in [0.15, 0.2) is 8.32 Å². The first-order valence-corrected chi connectivity index (χ1v) is 13.6. The van der Waals surface area contributed by atoms with E-state index in [2.05, 4.69) is 52.6 Å². The highest BCUT2D eigenvalue weighted by Gasteiger charge is 2.42. The monoisotopic (exact) mass is 368 g/mol. The lowest BCUT2D eigenvalue weighted by atomic mass is 9.83. The van der Waals surface area contributed by atoms with Gasteiger partial charge in [-0.25, -0.2) is 0 Å². The van der Waals surface area contributed by atoms with Gasteiger partial charge in [0.1, 0.15) is 0 Å². The molecule has 0 saturated heterocycles. The van der Waals surface area contributed by atoms with Gasteiger partial charge in [-0.1, -0.05) is 39.3 Å². The fourth-order valence-electron chi connectivity index (χ4n) is 4.08. The predicted octanol–water partition coefficient (Wildman–Crippen LogP) is 6.12. The van der Waals surface area contributed by atoms with Crippen LogP contribution in [0.3, 0.4) is 0 Å². The molecule has 1 saturated carbocycles. The molecule has 0 radical (unpaired) electrons. The lowest BCUT2D eigenvalue weighted by Gasteiger charge is -2.30. The number of carboxylic acid groups (broad SMARTS) is 1. The van der Waals surface area contributed by atoms with E-state index in [4.69, 9.17) is 9.53 Å². The van der Waals surface area contributed by atoms with Gasteiger partial charge in [-0.2, -0.15) is 0 Å². The van der Waals surface area contributed by atoms with Crippen molar-refractivity contribution in [2.24, 2.45) is 23.7 Å². The number of hydrogen-bond donors (Lipinski definition) is 1. The van der Waals surface area contributed by atoms with Gasteiger partial charge in [-0.05, 0) is 75.4 Å². The summed E-state index contributed by atoms with van der Waals surface area (Å²) in [4.78, 5) is 10.6. The normalized spacial score (nSPS) is 27.5. The molecule has 1 N–H and O–H groups in total. The Kier molecular flexibility index (Phi) is 9.43. The fraction of sp³-hybridized carbons (Fsp3) is 0.857. The highest BCUT2D eigenvalue weighted by Crippen LogP contribution is 2.44. The van der Waals surface area contributed by atoms with Crippen molar-refractivity contribution in [3.8, 4) is 0 Å². The third-order valence-corrected chi connectivity index (χ3v) is 6.29. The maximum absolute atomic E-state index is 10.6. The number of rotatable bonds is 11. The molecule has 25 heavy (non-hydrogen) atoms. The van der Waals surface area contributed by atoms with Gasteiger partial charge in [0.25, 0.3) is 0 Å². The summed E-state index contributed by atoms with van der Waals surface area (Å²) in [5.41, 5.74) is 0. The summed E-state index contributed by atoms with van der Waals surface area (Å²) < 4.78 is 6.56. The lowest BCUT2D eigenvalue weighted by Crippen LogP contribution is -2.35. The molecule has 1 aliphatic carbocycles. The Balaban J connectivity index is 2.62. The third-order valence-electron chi connectivity index (χ3n) is 5.28. The zero-order chi connectivity index (χ0) is 19.0. The van der Waals surface area contributed by atoms with E-state index in [1.807, 2.05) is 0 Å². The van der Waals surface area contributed by atoms with Crippen LogP contribution in [0.2, 0.25) is 19.6 Å². The van der Waals surface area contributed by atoms with Crippen molar-refractivity contribution in [3.05, 3.63) is 12.2 Å². The molecule has 4 heteroatoms. The SMILES string of the molecule is CC(C)CC[C@@H]1C(C/C=C\CCCC(=O)O)[C@@H](C)C[C@H]1O[Si](C)(C)C. The Labute approximate surface area is 156 Å². The molecule has 0 amide bonds. The van der Waals surface area contributed by atoms with Crippen molar-refractivity contribution >= 4 is 14.3 Å². The first-order chi connectivity index (χ1) is 11.6. The van der Waals surface area contributed by atoms with Crippen molar-refractivity contribution in [2.75, 3.05) is 0 Å². The maximum Gasteiger partial charge on any atom is 0.303 e. The molecule has 0 aromatic rings. The van der Waals surface area contributed by atoms with Crippen LogP contribution in [0.5, 0.6) is 0 Å². The van der Waals surface area contributed by atoms with Crippen LogP contribution in [0.4, 0.5) is 0 Å². The van der Waals surface area contributed by atoms with E-state index in [9.17, 15) is 4.79 Å². The van der Waals surface area contributed by atoms with Crippen LogP contribution >= 0.6 is 0 Å². The Hall–Kier alpha value is -0.613. The van der Waals surface area contributed by atoms with Crippen molar-refractivity contribution in [2.45, 2.75) is 91.5 Å². The molecule has 1 fully saturated rings. The Morgan fingerprint density at radius 2 is 1.92 bits per heavy atom. The molecule has 0 heterocycles. The van der Waals surface area contributed by atoms with Crippen molar-refractivity contribution in [3.63, 3.8) is 0 Å². The van der Waals surface area contributed by atoms with E-state index in [0.29, 0.717) is 23.9 Å². The molecule has 0 aromatic carbocycles. The van der Waals surface area contributed by atoms with E-state index in [1.54, 1.807) is 0 Å². The molecular formula is C21H40O3Si. The minimum Gasteiger partial charge on any atom is -0.481 e. The van der Waals surface area contributed by atoms with Crippen molar-refractivity contribution in [1.82, 2.24) is 0 Å². The largest absolute Gasteiger partial charge is 0.481 e. The summed E-state index contributed by atoms with van der Waals surface area (Å²) in [5.74, 6) is 2.14. The van der Waals surface area contributed by atoms with Crippen molar-refractivity contribution < 1.29 is 14.3 Å². The number of allylic oxidation sites excluding steroid dienone is 2.